The standard InChI is InChI=1S/C17H17ClN2O3/c1-11(12-5-7-14(18)8-6-12)20-17(22)13-3-2-4-15(9-13)23-10-16(19)21/h2-9,11H,10H2,1H3,(H2,19,21)(H,20,22). The van der Waals surface area contributed by atoms with Crippen molar-refractivity contribution in [2.24, 2.45) is 5.73 Å². The number of hydrogen-bond donors (Lipinski definition) is 2. The molecule has 1 unspecified atom stereocenters. The first-order chi connectivity index (χ1) is 11.0. The Morgan fingerprint density at radius 3 is 2.57 bits per heavy atom. The highest BCUT2D eigenvalue weighted by molar-refractivity contribution is 6.30. The van der Waals surface area contributed by atoms with Crippen molar-refractivity contribution in [3.8, 4) is 5.75 Å². The molecule has 1 atom stereocenters. The topological polar surface area (TPSA) is 81.4 Å². The van der Waals surface area contributed by atoms with Crippen LogP contribution in [0.25, 0.3) is 0 Å². The van der Waals surface area contributed by atoms with Gasteiger partial charge in [-0.3, -0.25) is 9.59 Å². The van der Waals surface area contributed by atoms with Crippen LogP contribution < -0.4 is 15.8 Å². The number of nitrogens with one attached hydrogen (secondary N) is 1. The quantitative estimate of drug-likeness (QED) is 0.853. The molecule has 2 aromatic rings. The molecule has 5 nitrogen and oxygen atoms in total. The number of carbonyl (C=O) groups is 2. The first kappa shape index (κ1) is 16.8. The summed E-state index contributed by atoms with van der Waals surface area (Å²) < 4.78 is 5.19. The maximum Gasteiger partial charge on any atom is 0.255 e. The lowest BCUT2D eigenvalue weighted by Crippen LogP contribution is -2.26. The van der Waals surface area contributed by atoms with Crippen molar-refractivity contribution in [3.63, 3.8) is 0 Å². The fourth-order valence-corrected chi connectivity index (χ4v) is 2.12. The lowest BCUT2D eigenvalue weighted by atomic mass is 10.1. The van der Waals surface area contributed by atoms with Crippen LogP contribution in [0.1, 0.15) is 28.9 Å². The first-order valence-corrected chi connectivity index (χ1v) is 7.41. The van der Waals surface area contributed by atoms with Gasteiger partial charge in [-0.1, -0.05) is 29.8 Å². The first-order valence-electron chi connectivity index (χ1n) is 7.03. The SMILES string of the molecule is CC(NC(=O)c1cccc(OCC(N)=O)c1)c1ccc(Cl)cc1. The van der Waals surface area contributed by atoms with Crippen molar-refractivity contribution >= 4 is 23.4 Å². The summed E-state index contributed by atoms with van der Waals surface area (Å²) in [7, 11) is 0. The van der Waals surface area contributed by atoms with Crippen LogP contribution in [0.3, 0.4) is 0 Å². The largest absolute Gasteiger partial charge is 0.484 e. The van der Waals surface area contributed by atoms with E-state index in [1.165, 1.54) is 0 Å². The average Bonchev–Trinajstić information content (AvgIpc) is 2.53. The van der Waals surface area contributed by atoms with E-state index in [4.69, 9.17) is 22.1 Å². The van der Waals surface area contributed by atoms with Crippen molar-refractivity contribution < 1.29 is 14.3 Å². The lowest BCUT2D eigenvalue weighted by molar-refractivity contribution is -0.119. The number of hydrogen-bond acceptors (Lipinski definition) is 3. The Morgan fingerprint density at radius 1 is 1.22 bits per heavy atom. The molecule has 0 bridgehead atoms. The monoisotopic (exact) mass is 332 g/mol. The van der Waals surface area contributed by atoms with Gasteiger partial charge in [0.15, 0.2) is 6.61 Å². The highest BCUT2D eigenvalue weighted by Gasteiger charge is 2.12. The molecule has 0 fully saturated rings. The third-order valence-electron chi connectivity index (χ3n) is 3.19. The second kappa shape index (κ2) is 7.65. The molecule has 0 aliphatic rings. The molecule has 0 saturated heterocycles. The Labute approximate surface area is 139 Å². The summed E-state index contributed by atoms with van der Waals surface area (Å²) >= 11 is 5.85. The zero-order valence-corrected chi connectivity index (χ0v) is 13.3. The Morgan fingerprint density at radius 2 is 1.91 bits per heavy atom. The van der Waals surface area contributed by atoms with E-state index in [0.717, 1.165) is 5.56 Å². The van der Waals surface area contributed by atoms with Crippen LogP contribution in [-0.4, -0.2) is 18.4 Å². The molecule has 23 heavy (non-hydrogen) atoms. The van der Waals surface area contributed by atoms with Gasteiger partial charge in [0.1, 0.15) is 5.75 Å². The Bertz CT molecular complexity index is 701. The number of rotatable bonds is 6. The number of primary amides is 1. The summed E-state index contributed by atoms with van der Waals surface area (Å²) in [6.07, 6.45) is 0. The Balaban J connectivity index is 2.03. The van der Waals surface area contributed by atoms with Gasteiger partial charge < -0.3 is 15.8 Å². The molecule has 2 rings (SSSR count). The van der Waals surface area contributed by atoms with Crippen LogP contribution >= 0.6 is 11.6 Å². The van der Waals surface area contributed by atoms with Crippen molar-refractivity contribution in [2.45, 2.75) is 13.0 Å². The highest BCUT2D eigenvalue weighted by Crippen LogP contribution is 2.18. The molecular formula is C17H17ClN2O3. The highest BCUT2D eigenvalue weighted by atomic mass is 35.5. The fourth-order valence-electron chi connectivity index (χ4n) is 2.00. The van der Waals surface area contributed by atoms with Gasteiger partial charge in [-0.25, -0.2) is 0 Å². The van der Waals surface area contributed by atoms with E-state index in [0.29, 0.717) is 16.3 Å². The number of amides is 2. The minimum Gasteiger partial charge on any atom is -0.484 e. The van der Waals surface area contributed by atoms with E-state index < -0.39 is 5.91 Å². The number of nitrogens with two attached hydrogens (primary N) is 1. The van der Waals surface area contributed by atoms with Gasteiger partial charge in [-0.2, -0.15) is 0 Å². The molecule has 0 aromatic heterocycles. The van der Waals surface area contributed by atoms with Gasteiger partial charge in [0.05, 0.1) is 6.04 Å². The zero-order chi connectivity index (χ0) is 16.8. The van der Waals surface area contributed by atoms with Crippen molar-refractivity contribution in [1.29, 1.82) is 0 Å². The summed E-state index contributed by atoms with van der Waals surface area (Å²) in [4.78, 5) is 23.0. The normalized spacial score (nSPS) is 11.6. The Hall–Kier alpha value is -2.53. The second-order valence-electron chi connectivity index (χ2n) is 5.03. The maximum atomic E-state index is 12.3. The van der Waals surface area contributed by atoms with Gasteiger partial charge in [-0.05, 0) is 42.8 Å². The third-order valence-corrected chi connectivity index (χ3v) is 3.45. The van der Waals surface area contributed by atoms with Crippen molar-refractivity contribution in [3.05, 3.63) is 64.7 Å². The molecule has 0 aliphatic heterocycles. The molecule has 2 aromatic carbocycles. The van der Waals surface area contributed by atoms with Crippen molar-refractivity contribution in [2.75, 3.05) is 6.61 Å². The van der Waals surface area contributed by atoms with Crippen LogP contribution in [0.2, 0.25) is 5.02 Å². The predicted molar refractivity (Wildman–Crippen MR) is 88.5 cm³/mol. The van der Waals surface area contributed by atoms with E-state index in [1.54, 1.807) is 36.4 Å². The number of ether oxygens (including phenoxy) is 1. The lowest BCUT2D eigenvalue weighted by Gasteiger charge is -2.15. The van der Waals surface area contributed by atoms with Crippen molar-refractivity contribution in [1.82, 2.24) is 5.32 Å². The predicted octanol–water partition coefficient (Wildman–Crippen LogP) is 2.70. The smallest absolute Gasteiger partial charge is 0.255 e. The average molecular weight is 333 g/mol. The summed E-state index contributed by atoms with van der Waals surface area (Å²) in [5.74, 6) is -0.399. The Kier molecular flexibility index (Phi) is 5.60. The number of halogens is 1. The molecule has 0 spiro atoms. The van der Waals surface area contributed by atoms with Crippen LogP contribution in [0.15, 0.2) is 48.5 Å². The van der Waals surface area contributed by atoms with E-state index >= 15 is 0 Å². The molecule has 0 heterocycles. The number of carbonyl (C=O) groups excluding carboxylic acids is 2. The minimum atomic E-state index is -0.573. The van der Waals surface area contributed by atoms with Crippen LogP contribution in [0, 0.1) is 0 Å². The maximum absolute atomic E-state index is 12.3. The molecular weight excluding hydrogens is 316 g/mol. The minimum absolute atomic E-state index is 0.171. The molecule has 0 radical (unpaired) electrons. The second-order valence-corrected chi connectivity index (χ2v) is 5.47. The van der Waals surface area contributed by atoms with Crippen LogP contribution in [-0.2, 0) is 4.79 Å². The molecule has 2 amide bonds. The van der Waals surface area contributed by atoms with E-state index in [2.05, 4.69) is 5.32 Å². The van der Waals surface area contributed by atoms with E-state index in [-0.39, 0.29) is 18.6 Å². The molecule has 6 heteroatoms. The molecule has 3 N–H and O–H groups in total. The van der Waals surface area contributed by atoms with Gasteiger partial charge in [0.2, 0.25) is 0 Å². The van der Waals surface area contributed by atoms with E-state index in [1.807, 2.05) is 19.1 Å². The molecule has 0 aliphatic carbocycles. The van der Waals surface area contributed by atoms with Crippen LogP contribution in [0.4, 0.5) is 0 Å². The summed E-state index contributed by atoms with van der Waals surface area (Å²) in [6.45, 7) is 1.65. The summed E-state index contributed by atoms with van der Waals surface area (Å²) in [5, 5.41) is 3.54. The third kappa shape index (κ3) is 5.00. The van der Waals surface area contributed by atoms with Gasteiger partial charge in [0, 0.05) is 10.6 Å². The van der Waals surface area contributed by atoms with E-state index in [9.17, 15) is 9.59 Å². The zero-order valence-electron chi connectivity index (χ0n) is 12.6. The van der Waals surface area contributed by atoms with Crippen LogP contribution in [0.5, 0.6) is 5.75 Å². The van der Waals surface area contributed by atoms with Gasteiger partial charge in [-0.15, -0.1) is 0 Å². The summed E-state index contributed by atoms with van der Waals surface area (Å²) in [5.41, 5.74) is 6.41. The summed E-state index contributed by atoms with van der Waals surface area (Å²) in [6, 6.07) is 13.7. The fraction of sp³-hybridized carbons (Fsp3) is 0.176. The number of benzene rings is 2. The molecule has 0 saturated carbocycles. The molecule has 120 valence electrons. The van der Waals surface area contributed by atoms with Gasteiger partial charge >= 0.3 is 0 Å². The van der Waals surface area contributed by atoms with Gasteiger partial charge in [0.25, 0.3) is 11.8 Å².